The molecule has 4 heterocycles. The summed E-state index contributed by atoms with van der Waals surface area (Å²) < 4.78 is 3.75. The van der Waals surface area contributed by atoms with Crippen LogP contribution in [0, 0.1) is 20.8 Å². The zero-order valence-corrected chi connectivity index (χ0v) is 21.8. The number of amides is 1. The summed E-state index contributed by atoms with van der Waals surface area (Å²) in [5.74, 6) is 0.442. The van der Waals surface area contributed by atoms with Gasteiger partial charge in [-0.15, -0.1) is 0 Å². The molecule has 5 rings (SSSR count). The molecule has 0 spiro atoms. The smallest absolute Gasteiger partial charge is 0.257 e. The van der Waals surface area contributed by atoms with Crippen molar-refractivity contribution in [1.29, 1.82) is 0 Å². The van der Waals surface area contributed by atoms with E-state index < -0.39 is 0 Å². The number of benzene rings is 1. The second-order valence-corrected chi connectivity index (χ2v) is 8.88. The summed E-state index contributed by atoms with van der Waals surface area (Å²) in [6, 6.07) is 8.05. The molecule has 1 amide bonds. The first-order chi connectivity index (χ1) is 17.3. The summed E-state index contributed by atoms with van der Waals surface area (Å²) in [5, 5.41) is 6.40. The fraction of sp³-hybridized carbons (Fsp3) is 0.286. The van der Waals surface area contributed by atoms with Crippen molar-refractivity contribution in [3.05, 3.63) is 88.8 Å². The van der Waals surface area contributed by atoms with Crippen molar-refractivity contribution in [2.45, 2.75) is 47.7 Å². The molecule has 4 aromatic heterocycles. The van der Waals surface area contributed by atoms with Crippen molar-refractivity contribution in [2.75, 3.05) is 12.8 Å². The molecule has 0 saturated heterocycles. The van der Waals surface area contributed by atoms with Gasteiger partial charge in [0.2, 0.25) is 0 Å². The Hall–Kier alpha value is -4.20. The van der Waals surface area contributed by atoms with Gasteiger partial charge in [-0.25, -0.2) is 9.97 Å². The largest absolute Gasteiger partial charge is 0.383 e. The maximum atomic E-state index is 13.2. The van der Waals surface area contributed by atoms with Gasteiger partial charge in [0.25, 0.3) is 5.91 Å². The minimum Gasteiger partial charge on any atom is -0.383 e. The standard InChI is InChI=1S/C26H27N7O.C2H6/c1-16-5-6-24-30-20(13-32(24)11-16)14-33-12-19(10-29-33)26(34)31(4)15-23-17(2)9-22-21(18(23)3)7-8-28-25(22)27;1-2/h5-13H,14-15H2,1-4H3,(H2,27,28);1-2H3. The van der Waals surface area contributed by atoms with E-state index in [4.69, 9.17) is 5.73 Å². The van der Waals surface area contributed by atoms with Crippen molar-refractivity contribution in [1.82, 2.24) is 29.0 Å². The van der Waals surface area contributed by atoms with Crippen LogP contribution in [0.4, 0.5) is 5.82 Å². The molecular formula is C28H33N7O. The third-order valence-corrected chi connectivity index (χ3v) is 6.31. The van der Waals surface area contributed by atoms with Crippen LogP contribution in [0.15, 0.2) is 55.2 Å². The Labute approximate surface area is 211 Å². The Balaban J connectivity index is 0.00000148. The zero-order valence-electron chi connectivity index (χ0n) is 21.8. The van der Waals surface area contributed by atoms with Crippen LogP contribution < -0.4 is 5.73 Å². The average Bonchev–Trinajstić information content (AvgIpc) is 3.49. The summed E-state index contributed by atoms with van der Waals surface area (Å²) in [5.41, 5.74) is 12.9. The van der Waals surface area contributed by atoms with E-state index in [-0.39, 0.29) is 5.91 Å². The van der Waals surface area contributed by atoms with Gasteiger partial charge in [-0.1, -0.05) is 19.9 Å². The van der Waals surface area contributed by atoms with Gasteiger partial charge < -0.3 is 15.0 Å². The van der Waals surface area contributed by atoms with Crippen LogP contribution in [-0.2, 0) is 13.1 Å². The highest BCUT2D eigenvalue weighted by Crippen LogP contribution is 2.28. The summed E-state index contributed by atoms with van der Waals surface area (Å²) in [6.07, 6.45) is 9.15. The zero-order chi connectivity index (χ0) is 26.0. The van der Waals surface area contributed by atoms with Gasteiger partial charge in [-0.05, 0) is 66.6 Å². The Bertz CT molecular complexity index is 1550. The molecule has 0 radical (unpaired) electrons. The molecular weight excluding hydrogens is 450 g/mol. The number of carbonyl (C=O) groups is 1. The molecule has 5 aromatic rings. The number of nitrogens with two attached hydrogens (primary N) is 1. The highest BCUT2D eigenvalue weighted by atomic mass is 16.2. The predicted molar refractivity (Wildman–Crippen MR) is 144 cm³/mol. The second kappa shape index (κ2) is 10.2. The molecule has 36 heavy (non-hydrogen) atoms. The molecule has 2 N–H and O–H groups in total. The van der Waals surface area contributed by atoms with E-state index in [9.17, 15) is 4.79 Å². The number of hydrogen-bond acceptors (Lipinski definition) is 5. The average molecular weight is 484 g/mol. The van der Waals surface area contributed by atoms with Crippen molar-refractivity contribution in [3.63, 3.8) is 0 Å². The van der Waals surface area contributed by atoms with E-state index in [1.807, 2.05) is 68.9 Å². The normalized spacial score (nSPS) is 10.9. The molecule has 0 saturated carbocycles. The molecule has 1 aromatic carbocycles. The van der Waals surface area contributed by atoms with E-state index in [1.165, 1.54) is 5.56 Å². The third kappa shape index (κ3) is 4.79. The quantitative estimate of drug-likeness (QED) is 0.382. The molecule has 8 nitrogen and oxygen atoms in total. The van der Waals surface area contributed by atoms with Crippen LogP contribution in [0.1, 0.15) is 52.2 Å². The number of hydrogen-bond donors (Lipinski definition) is 1. The van der Waals surface area contributed by atoms with Crippen molar-refractivity contribution in [3.8, 4) is 0 Å². The van der Waals surface area contributed by atoms with E-state index in [1.54, 1.807) is 28.2 Å². The first kappa shape index (κ1) is 24.9. The lowest BCUT2D eigenvalue weighted by molar-refractivity contribution is 0.0784. The van der Waals surface area contributed by atoms with Gasteiger partial charge in [0.05, 0.1) is 24.0 Å². The first-order valence-electron chi connectivity index (χ1n) is 12.2. The van der Waals surface area contributed by atoms with Gasteiger partial charge in [-0.3, -0.25) is 9.48 Å². The molecule has 0 fully saturated rings. The van der Waals surface area contributed by atoms with E-state index in [0.29, 0.717) is 24.5 Å². The summed E-state index contributed by atoms with van der Waals surface area (Å²) in [6.45, 7) is 11.1. The third-order valence-electron chi connectivity index (χ3n) is 6.31. The molecule has 0 aliphatic carbocycles. The van der Waals surface area contributed by atoms with Crippen LogP contribution in [0.5, 0.6) is 0 Å². The minimum atomic E-state index is -0.0787. The molecule has 0 aliphatic heterocycles. The SMILES string of the molecule is CC.Cc1ccc2nc(Cn3cc(C(=O)N(C)Cc4c(C)cc5c(N)nccc5c4C)cn3)cn2c1. The summed E-state index contributed by atoms with van der Waals surface area (Å²) >= 11 is 0. The van der Waals surface area contributed by atoms with Crippen molar-refractivity contribution < 1.29 is 4.79 Å². The highest BCUT2D eigenvalue weighted by molar-refractivity contribution is 5.95. The van der Waals surface area contributed by atoms with Crippen molar-refractivity contribution in [2.24, 2.45) is 0 Å². The van der Waals surface area contributed by atoms with Crippen LogP contribution in [-0.4, -0.2) is 42.0 Å². The summed E-state index contributed by atoms with van der Waals surface area (Å²) in [4.78, 5) is 23.7. The Morgan fingerprint density at radius 3 is 2.61 bits per heavy atom. The second-order valence-electron chi connectivity index (χ2n) is 8.88. The molecule has 0 atom stereocenters. The number of imidazole rings is 1. The van der Waals surface area contributed by atoms with Gasteiger partial charge in [-0.2, -0.15) is 5.10 Å². The Morgan fingerprint density at radius 1 is 1.06 bits per heavy atom. The fourth-order valence-corrected chi connectivity index (χ4v) is 4.46. The Morgan fingerprint density at radius 2 is 1.83 bits per heavy atom. The van der Waals surface area contributed by atoms with Crippen LogP contribution >= 0.6 is 0 Å². The maximum Gasteiger partial charge on any atom is 0.257 e. The monoisotopic (exact) mass is 483 g/mol. The van der Waals surface area contributed by atoms with E-state index in [0.717, 1.165) is 38.8 Å². The van der Waals surface area contributed by atoms with Gasteiger partial charge in [0.1, 0.15) is 11.5 Å². The maximum absolute atomic E-state index is 13.2. The minimum absolute atomic E-state index is 0.0787. The molecule has 0 aliphatic rings. The molecule has 0 bridgehead atoms. The number of nitrogen functional groups attached to an aromatic ring is 1. The number of fused-ring (bicyclic) bond motifs is 2. The molecule has 186 valence electrons. The van der Waals surface area contributed by atoms with Crippen LogP contribution in [0.2, 0.25) is 0 Å². The Kier molecular flexibility index (Phi) is 7.05. The fourth-order valence-electron chi connectivity index (χ4n) is 4.46. The lowest BCUT2D eigenvalue weighted by atomic mass is 9.96. The topological polar surface area (TPSA) is 94.3 Å². The first-order valence-corrected chi connectivity index (χ1v) is 12.2. The number of aromatic nitrogens is 5. The number of pyridine rings is 2. The molecule has 8 heteroatoms. The van der Waals surface area contributed by atoms with Crippen molar-refractivity contribution >= 4 is 28.1 Å². The number of aryl methyl sites for hydroxylation is 3. The van der Waals surface area contributed by atoms with E-state index >= 15 is 0 Å². The number of carbonyl (C=O) groups excluding carboxylic acids is 1. The number of rotatable bonds is 5. The van der Waals surface area contributed by atoms with Gasteiger partial charge in [0, 0.05) is 43.8 Å². The van der Waals surface area contributed by atoms with Crippen LogP contribution in [0.25, 0.3) is 16.4 Å². The van der Waals surface area contributed by atoms with Gasteiger partial charge >= 0.3 is 0 Å². The highest BCUT2D eigenvalue weighted by Gasteiger charge is 2.18. The summed E-state index contributed by atoms with van der Waals surface area (Å²) in [7, 11) is 1.81. The van der Waals surface area contributed by atoms with E-state index in [2.05, 4.69) is 28.9 Å². The number of nitrogens with zero attached hydrogens (tertiary/aromatic N) is 6. The predicted octanol–water partition coefficient (Wildman–Crippen LogP) is 4.93. The lowest BCUT2D eigenvalue weighted by Gasteiger charge is -2.21. The number of anilines is 1. The van der Waals surface area contributed by atoms with Gasteiger partial charge in [0.15, 0.2) is 0 Å². The molecule has 0 unspecified atom stereocenters. The lowest BCUT2D eigenvalue weighted by Crippen LogP contribution is -2.26. The van der Waals surface area contributed by atoms with Crippen LogP contribution in [0.3, 0.4) is 0 Å².